The molecule has 0 saturated heterocycles. The molecule has 0 heterocycles. The number of aliphatic carboxylic acids is 3. The minimum atomic E-state index is -1.38. The Morgan fingerprint density at radius 2 is 0.354 bits per heavy atom. The number of carbonyl (C=O) groups is 6. The molecule has 0 fully saturated rings. The molecule has 0 amide bonds. The molecule has 0 bridgehead atoms. The summed E-state index contributed by atoms with van der Waals surface area (Å²) in [6.07, 6.45) is 67.3. The molecular formula is C66H117AuO12. The largest absolute Gasteiger partial charge is 3.00 e. The van der Waals surface area contributed by atoms with Gasteiger partial charge in [0.2, 0.25) is 0 Å². The van der Waals surface area contributed by atoms with Crippen molar-refractivity contribution in [1.82, 2.24) is 0 Å². The van der Waals surface area contributed by atoms with Crippen molar-refractivity contribution in [2.24, 2.45) is 0 Å². The van der Waals surface area contributed by atoms with E-state index in [9.17, 15) is 44.1 Å². The zero-order valence-corrected chi connectivity index (χ0v) is 52.9. The molecule has 0 aromatic carbocycles. The predicted molar refractivity (Wildman–Crippen MR) is 314 cm³/mol. The fourth-order valence-electron chi connectivity index (χ4n) is 9.02. The summed E-state index contributed by atoms with van der Waals surface area (Å²) < 4.78 is 14.7. The van der Waals surface area contributed by atoms with Crippen molar-refractivity contribution in [2.75, 3.05) is 19.8 Å². The molecule has 13 heteroatoms. The Hall–Kier alpha value is -3.22. The third kappa shape index (κ3) is 83.7. The Labute approximate surface area is 499 Å². The third-order valence-corrected chi connectivity index (χ3v) is 13.8. The van der Waals surface area contributed by atoms with Crippen molar-refractivity contribution in [1.29, 1.82) is 0 Å². The second-order valence-corrected chi connectivity index (χ2v) is 21.4. The van der Waals surface area contributed by atoms with Crippen LogP contribution in [0.3, 0.4) is 0 Å². The van der Waals surface area contributed by atoms with E-state index in [0.717, 1.165) is 56.8 Å². The fourth-order valence-corrected chi connectivity index (χ4v) is 9.02. The Balaban J connectivity index is -0.000000531. The number of carbonyl (C=O) groups excluding carboxylic acids is 6. The van der Waals surface area contributed by atoms with E-state index in [2.05, 4.69) is 20.8 Å². The molecule has 0 aliphatic carbocycles. The zero-order valence-electron chi connectivity index (χ0n) is 50.7. The van der Waals surface area contributed by atoms with Gasteiger partial charge in [0.15, 0.2) is 0 Å². The Bertz CT molecular complexity index is 1260. The summed E-state index contributed by atoms with van der Waals surface area (Å²) in [5.41, 5.74) is 0. The average molecular weight is 1300 g/mol. The Kier molecular flexibility index (Phi) is 75.8. The first kappa shape index (κ1) is 82.2. The normalized spacial score (nSPS) is 11.0. The Morgan fingerprint density at radius 3 is 0.481 bits per heavy atom. The van der Waals surface area contributed by atoms with Crippen LogP contribution in [0.1, 0.15) is 329 Å². The van der Waals surface area contributed by atoms with Crippen LogP contribution < -0.4 is 15.3 Å². The monoisotopic (exact) mass is 1300 g/mol. The van der Waals surface area contributed by atoms with Gasteiger partial charge in [-0.1, -0.05) is 310 Å². The van der Waals surface area contributed by atoms with Gasteiger partial charge in [-0.05, 0) is 37.5 Å². The number of hydrogen-bond donors (Lipinski definition) is 0. The van der Waals surface area contributed by atoms with Gasteiger partial charge in [0.1, 0.15) is 0 Å². The number of esters is 3. The quantitative estimate of drug-likeness (QED) is 0.0184. The van der Waals surface area contributed by atoms with Crippen molar-refractivity contribution >= 4 is 35.8 Å². The predicted octanol–water partition coefficient (Wildman–Crippen LogP) is 15.3. The van der Waals surface area contributed by atoms with E-state index in [1.807, 2.05) is 0 Å². The van der Waals surface area contributed by atoms with E-state index in [0.29, 0.717) is 38.0 Å². The first-order chi connectivity index (χ1) is 38.0. The van der Waals surface area contributed by atoms with E-state index < -0.39 is 35.8 Å². The van der Waals surface area contributed by atoms with Crippen molar-refractivity contribution in [3.8, 4) is 0 Å². The summed E-state index contributed by atoms with van der Waals surface area (Å²) in [6.45, 7) is 7.86. The number of carboxylic acids is 3. The maximum absolute atomic E-state index is 11.1. The average Bonchev–Trinajstić information content (AvgIpc) is 3.42. The maximum atomic E-state index is 11.1. The first-order valence-electron chi connectivity index (χ1n) is 32.2. The number of rotatable bonds is 57. The van der Waals surface area contributed by atoms with Crippen LogP contribution in [0.5, 0.6) is 0 Å². The van der Waals surface area contributed by atoms with Gasteiger partial charge in [-0.15, -0.1) is 0 Å². The second-order valence-electron chi connectivity index (χ2n) is 21.4. The molecule has 0 saturated carbocycles. The van der Waals surface area contributed by atoms with Crippen LogP contribution in [0.4, 0.5) is 0 Å². The van der Waals surface area contributed by atoms with Gasteiger partial charge in [0.25, 0.3) is 0 Å². The second kappa shape index (κ2) is 72.8. The van der Waals surface area contributed by atoms with Crippen molar-refractivity contribution in [2.45, 2.75) is 329 Å². The summed E-state index contributed by atoms with van der Waals surface area (Å²) in [5.74, 6) is -6.00. The summed E-state index contributed by atoms with van der Waals surface area (Å²) in [7, 11) is 0. The number of unbranched alkanes of at least 4 members (excludes halogenated alkanes) is 45. The van der Waals surface area contributed by atoms with E-state index >= 15 is 0 Å². The smallest absolute Gasteiger partial charge is 0.545 e. The SMILES string of the molecule is CCCCCCCCCCCCCCCCCCOC(=O)/C=C/C(=O)[O-].CCCCCCCCCCCCCCCCCCOC(=O)/C=C/C(=O)[O-].CCCCCCCCCCCCCCCCCCOC(=O)/C=C/C(=O)[O-].[Au+3]. The molecule has 0 rings (SSSR count). The standard InChI is InChI=1S/3C22H40O4.Au/c3*1-2-3-4-5-6-7-8-9-10-11-12-13-14-15-16-17-20-26-22(25)19-18-21(23)24;/h3*18-19H,2-17,20H2,1H3,(H,23,24);/q;;;+3/p-3/b3*19-18+;. The molecule has 0 N–H and O–H groups in total. The van der Waals surface area contributed by atoms with Crippen LogP contribution in [-0.4, -0.2) is 55.6 Å². The zero-order chi connectivity index (χ0) is 57.9. The first-order valence-corrected chi connectivity index (χ1v) is 32.2. The third-order valence-electron chi connectivity index (χ3n) is 13.8. The molecule has 12 nitrogen and oxygen atoms in total. The van der Waals surface area contributed by atoms with E-state index in [4.69, 9.17) is 14.2 Å². The fraction of sp³-hybridized carbons (Fsp3) is 0.818. The summed E-state index contributed by atoms with van der Waals surface area (Å²) >= 11 is 0. The van der Waals surface area contributed by atoms with Gasteiger partial charge >= 0.3 is 40.3 Å². The molecule has 0 radical (unpaired) electrons. The van der Waals surface area contributed by atoms with Gasteiger partial charge in [-0.3, -0.25) is 0 Å². The van der Waals surface area contributed by atoms with Crippen molar-refractivity contribution < 1.29 is 80.7 Å². The van der Waals surface area contributed by atoms with Gasteiger partial charge in [-0.2, -0.15) is 0 Å². The minimum absolute atomic E-state index is 0. The molecule has 0 atom stereocenters. The van der Waals surface area contributed by atoms with Crippen LogP contribution >= 0.6 is 0 Å². The molecular weight excluding hydrogens is 1180 g/mol. The molecule has 79 heavy (non-hydrogen) atoms. The topological polar surface area (TPSA) is 199 Å². The molecule has 0 aromatic rings. The van der Waals surface area contributed by atoms with Crippen LogP contribution in [0.2, 0.25) is 0 Å². The molecule has 0 aromatic heterocycles. The van der Waals surface area contributed by atoms with Crippen LogP contribution in [0.25, 0.3) is 0 Å². The van der Waals surface area contributed by atoms with Gasteiger partial charge < -0.3 is 43.9 Å². The molecule has 464 valence electrons. The molecule has 0 aliphatic rings. The van der Waals surface area contributed by atoms with Gasteiger partial charge in [-0.25, -0.2) is 14.4 Å². The molecule has 0 aliphatic heterocycles. The summed E-state index contributed by atoms with van der Waals surface area (Å²) in [6, 6.07) is 0. The minimum Gasteiger partial charge on any atom is -0.545 e. The maximum Gasteiger partial charge on any atom is 3.00 e. The van der Waals surface area contributed by atoms with Gasteiger partial charge in [0.05, 0.1) is 37.7 Å². The van der Waals surface area contributed by atoms with Crippen LogP contribution in [0.15, 0.2) is 36.5 Å². The molecule has 0 unspecified atom stereocenters. The van der Waals surface area contributed by atoms with Crippen molar-refractivity contribution in [3.05, 3.63) is 36.5 Å². The van der Waals surface area contributed by atoms with E-state index in [-0.39, 0.29) is 22.4 Å². The number of hydrogen-bond acceptors (Lipinski definition) is 12. The summed E-state index contributed by atoms with van der Waals surface area (Å²) in [5, 5.41) is 30.4. The van der Waals surface area contributed by atoms with Gasteiger partial charge in [0, 0.05) is 18.2 Å². The summed E-state index contributed by atoms with van der Waals surface area (Å²) in [4.78, 5) is 63.7. The van der Waals surface area contributed by atoms with E-state index in [1.54, 1.807) is 0 Å². The number of ether oxygens (including phenoxy) is 3. The number of carboxylic acid groups (broad SMARTS) is 3. The Morgan fingerprint density at radius 1 is 0.228 bits per heavy atom. The molecule has 0 spiro atoms. The van der Waals surface area contributed by atoms with E-state index in [1.165, 1.54) is 270 Å². The van der Waals surface area contributed by atoms with Crippen LogP contribution in [0, 0.1) is 0 Å². The van der Waals surface area contributed by atoms with Crippen molar-refractivity contribution in [3.63, 3.8) is 0 Å². The van der Waals surface area contributed by atoms with Crippen LogP contribution in [-0.2, 0) is 65.4 Å².